The van der Waals surface area contributed by atoms with E-state index in [-0.39, 0.29) is 5.41 Å². The van der Waals surface area contributed by atoms with Gasteiger partial charge in [-0.3, -0.25) is 4.90 Å². The smallest absolute Gasteiger partial charge is 0.281 e. The number of ether oxygens (including phenoxy) is 2. The molecular weight excluding hydrogens is 318 g/mol. The Balaban J connectivity index is 1.71. The second-order valence-electron chi connectivity index (χ2n) is 7.24. The molecular formula is C15H29N3O4S. The summed E-state index contributed by atoms with van der Waals surface area (Å²) in [6.45, 7) is 5.78. The van der Waals surface area contributed by atoms with Crippen LogP contribution in [0.25, 0.3) is 0 Å². The average Bonchev–Trinajstić information content (AvgIpc) is 2.82. The molecule has 0 aromatic heterocycles. The van der Waals surface area contributed by atoms with Crippen molar-refractivity contribution in [3.05, 3.63) is 0 Å². The lowest BCUT2D eigenvalue weighted by Crippen LogP contribution is -2.48. The van der Waals surface area contributed by atoms with Crippen molar-refractivity contribution in [1.29, 1.82) is 0 Å². The van der Waals surface area contributed by atoms with E-state index in [1.165, 1.54) is 4.31 Å². The molecule has 1 atom stereocenters. The molecule has 0 aliphatic carbocycles. The van der Waals surface area contributed by atoms with Gasteiger partial charge in [0.15, 0.2) is 0 Å². The molecule has 0 saturated carbocycles. The van der Waals surface area contributed by atoms with Gasteiger partial charge in [-0.05, 0) is 25.8 Å². The van der Waals surface area contributed by atoms with Gasteiger partial charge in [-0.2, -0.15) is 17.0 Å². The average molecular weight is 347 g/mol. The molecule has 3 fully saturated rings. The van der Waals surface area contributed by atoms with Crippen molar-refractivity contribution in [3.8, 4) is 0 Å². The normalized spacial score (nSPS) is 32.7. The summed E-state index contributed by atoms with van der Waals surface area (Å²) in [6, 6.07) is 0.574. The Hall–Kier alpha value is -0.250. The second kappa shape index (κ2) is 6.93. The molecule has 3 aliphatic heterocycles. The molecule has 0 aromatic carbocycles. The third-order valence-corrected chi connectivity index (χ3v) is 7.25. The highest BCUT2D eigenvalue weighted by molar-refractivity contribution is 7.86. The van der Waals surface area contributed by atoms with E-state index in [2.05, 4.69) is 4.90 Å². The summed E-state index contributed by atoms with van der Waals surface area (Å²) in [5.74, 6) is 0. The third kappa shape index (κ3) is 3.72. The van der Waals surface area contributed by atoms with Crippen molar-refractivity contribution in [2.24, 2.45) is 5.41 Å². The Labute approximate surface area is 139 Å². The lowest BCUT2D eigenvalue weighted by Gasteiger charge is -2.35. The van der Waals surface area contributed by atoms with E-state index in [0.717, 1.165) is 45.6 Å². The fourth-order valence-corrected chi connectivity index (χ4v) is 5.16. The van der Waals surface area contributed by atoms with Crippen LogP contribution in [0, 0.1) is 5.41 Å². The van der Waals surface area contributed by atoms with Crippen molar-refractivity contribution in [2.75, 3.05) is 66.7 Å². The van der Waals surface area contributed by atoms with Crippen molar-refractivity contribution < 1.29 is 17.9 Å². The number of nitrogens with zero attached hydrogens (tertiary/aromatic N) is 3. The first-order valence-corrected chi connectivity index (χ1v) is 9.90. The number of hydrogen-bond donors (Lipinski definition) is 0. The predicted molar refractivity (Wildman–Crippen MR) is 87.5 cm³/mol. The van der Waals surface area contributed by atoms with Crippen LogP contribution in [0.15, 0.2) is 0 Å². The first-order valence-electron chi connectivity index (χ1n) is 8.50. The molecule has 0 radical (unpaired) electrons. The maximum atomic E-state index is 12.5. The fourth-order valence-electron chi connectivity index (χ4n) is 3.96. The molecule has 134 valence electrons. The minimum absolute atomic E-state index is 0.0715. The van der Waals surface area contributed by atoms with Crippen LogP contribution in [-0.2, 0) is 19.7 Å². The summed E-state index contributed by atoms with van der Waals surface area (Å²) >= 11 is 0. The van der Waals surface area contributed by atoms with Crippen LogP contribution in [-0.4, -0.2) is 94.7 Å². The van der Waals surface area contributed by atoms with Crippen LogP contribution in [0.2, 0.25) is 0 Å². The summed E-state index contributed by atoms with van der Waals surface area (Å²) in [6.07, 6.45) is 3.16. The van der Waals surface area contributed by atoms with Gasteiger partial charge in [-0.1, -0.05) is 0 Å². The highest BCUT2D eigenvalue weighted by atomic mass is 32.2. The molecule has 0 amide bonds. The second-order valence-corrected chi connectivity index (χ2v) is 9.38. The van der Waals surface area contributed by atoms with Crippen LogP contribution in [0.4, 0.5) is 0 Å². The fraction of sp³-hybridized carbons (Fsp3) is 1.00. The van der Waals surface area contributed by atoms with Gasteiger partial charge >= 0.3 is 0 Å². The molecule has 8 heteroatoms. The summed E-state index contributed by atoms with van der Waals surface area (Å²) in [7, 11) is -0.193. The minimum atomic E-state index is -3.38. The van der Waals surface area contributed by atoms with Crippen molar-refractivity contribution >= 4 is 10.2 Å². The van der Waals surface area contributed by atoms with Crippen LogP contribution >= 0.6 is 0 Å². The molecule has 1 spiro atoms. The lowest BCUT2D eigenvalue weighted by atomic mass is 9.88. The largest absolute Gasteiger partial charge is 0.381 e. The molecule has 3 saturated heterocycles. The van der Waals surface area contributed by atoms with Gasteiger partial charge < -0.3 is 9.47 Å². The Morgan fingerprint density at radius 3 is 2.48 bits per heavy atom. The summed E-state index contributed by atoms with van der Waals surface area (Å²) in [5, 5.41) is 0. The molecule has 1 unspecified atom stereocenters. The Morgan fingerprint density at radius 2 is 1.78 bits per heavy atom. The molecule has 3 rings (SSSR count). The van der Waals surface area contributed by atoms with Crippen molar-refractivity contribution in [3.63, 3.8) is 0 Å². The van der Waals surface area contributed by atoms with E-state index in [4.69, 9.17) is 9.47 Å². The van der Waals surface area contributed by atoms with Crippen molar-refractivity contribution in [2.45, 2.75) is 25.3 Å². The Bertz CT molecular complexity index is 507. The molecule has 23 heavy (non-hydrogen) atoms. The zero-order valence-electron chi connectivity index (χ0n) is 14.2. The topological polar surface area (TPSA) is 62.3 Å². The highest BCUT2D eigenvalue weighted by Crippen LogP contribution is 2.36. The van der Waals surface area contributed by atoms with E-state index in [1.54, 1.807) is 18.4 Å². The SMILES string of the molecule is CN(C)S(=O)(=O)N1CCOCC2(CCN(C3CCOCC3)C2)C1. The Morgan fingerprint density at radius 1 is 1.04 bits per heavy atom. The van der Waals surface area contributed by atoms with E-state index in [1.807, 2.05) is 0 Å². The summed E-state index contributed by atoms with van der Waals surface area (Å²) < 4.78 is 39.2. The zero-order chi connectivity index (χ0) is 16.5. The van der Waals surface area contributed by atoms with Crippen molar-refractivity contribution in [1.82, 2.24) is 13.5 Å². The van der Waals surface area contributed by atoms with Crippen LogP contribution in [0.1, 0.15) is 19.3 Å². The van der Waals surface area contributed by atoms with Crippen LogP contribution in [0.5, 0.6) is 0 Å². The van der Waals surface area contributed by atoms with E-state index in [9.17, 15) is 8.42 Å². The number of hydrogen-bond acceptors (Lipinski definition) is 5. The highest BCUT2D eigenvalue weighted by Gasteiger charge is 2.45. The molecule has 7 nitrogen and oxygen atoms in total. The maximum absolute atomic E-state index is 12.5. The van der Waals surface area contributed by atoms with Gasteiger partial charge in [0.1, 0.15) is 0 Å². The van der Waals surface area contributed by atoms with Gasteiger partial charge in [-0.25, -0.2) is 0 Å². The first kappa shape index (κ1) is 17.6. The predicted octanol–water partition coefficient (Wildman–Crippen LogP) is -0.00390. The first-order chi connectivity index (χ1) is 10.9. The van der Waals surface area contributed by atoms with Gasteiger partial charge in [0.05, 0.1) is 13.2 Å². The maximum Gasteiger partial charge on any atom is 0.281 e. The van der Waals surface area contributed by atoms with E-state index < -0.39 is 10.2 Å². The van der Waals surface area contributed by atoms with Gasteiger partial charge in [0, 0.05) is 58.4 Å². The number of likely N-dealkylation sites (tertiary alicyclic amines) is 1. The van der Waals surface area contributed by atoms with E-state index in [0.29, 0.717) is 32.3 Å². The molecule has 3 heterocycles. The van der Waals surface area contributed by atoms with Gasteiger partial charge in [0.25, 0.3) is 10.2 Å². The summed E-state index contributed by atoms with van der Waals surface area (Å²) in [5.41, 5.74) is -0.0715. The summed E-state index contributed by atoms with van der Waals surface area (Å²) in [4.78, 5) is 2.53. The molecule has 0 bridgehead atoms. The lowest BCUT2D eigenvalue weighted by molar-refractivity contribution is 0.0294. The minimum Gasteiger partial charge on any atom is -0.381 e. The molecule has 3 aliphatic rings. The van der Waals surface area contributed by atoms with Gasteiger partial charge in [0.2, 0.25) is 0 Å². The quantitative estimate of drug-likeness (QED) is 0.719. The monoisotopic (exact) mass is 347 g/mol. The number of rotatable bonds is 3. The van der Waals surface area contributed by atoms with Crippen LogP contribution < -0.4 is 0 Å². The zero-order valence-corrected chi connectivity index (χ0v) is 15.1. The molecule has 0 aromatic rings. The van der Waals surface area contributed by atoms with Crippen LogP contribution in [0.3, 0.4) is 0 Å². The molecule has 0 N–H and O–H groups in total. The Kier molecular flexibility index (Phi) is 5.30. The van der Waals surface area contributed by atoms with Gasteiger partial charge in [-0.15, -0.1) is 0 Å². The standard InChI is InChI=1S/C15H29N3O4S/c1-16(2)23(19,20)18-7-10-22-13-15(12-18)5-6-17(11-15)14-3-8-21-9-4-14/h14H,3-13H2,1-2H3. The van der Waals surface area contributed by atoms with E-state index >= 15 is 0 Å². The third-order valence-electron chi connectivity index (χ3n) is 5.37.